The Hall–Kier alpha value is -7.83. The number of pyridine rings is 6. The monoisotopic (exact) mass is 1190 g/mol. The fourth-order valence-electron chi connectivity index (χ4n) is 7.07. The number of fused-ring (bicyclic) bond motifs is 2. The number of ketones is 1. The number of halogens is 5. The van der Waals surface area contributed by atoms with Crippen LogP contribution in [0.25, 0.3) is 0 Å². The zero-order valence-corrected chi connectivity index (χ0v) is 44.2. The van der Waals surface area contributed by atoms with Gasteiger partial charge in [-0.05, 0) is 112 Å². The van der Waals surface area contributed by atoms with Gasteiger partial charge >= 0.3 is 0 Å². The van der Waals surface area contributed by atoms with Gasteiger partial charge in [0.25, 0.3) is 34.4 Å². The maximum atomic E-state index is 13.2. The zero-order chi connectivity index (χ0) is 53.9. The van der Waals surface area contributed by atoms with Crippen LogP contribution < -0.4 is 38.8 Å². The van der Waals surface area contributed by atoms with E-state index in [-0.39, 0.29) is 59.9 Å². The minimum absolute atomic E-state index is 0.00981. The molecule has 2 atom stereocenters. The molecule has 74 heavy (non-hydrogen) atoms. The molecule has 8 aromatic rings. The highest BCUT2D eigenvalue weighted by Gasteiger charge is 2.45. The third-order valence-electron chi connectivity index (χ3n) is 10.5. The molecule has 0 radical (unpaired) electrons. The minimum atomic E-state index is -1.11. The summed E-state index contributed by atoms with van der Waals surface area (Å²) >= 11 is 24.1. The van der Waals surface area contributed by atoms with Gasteiger partial charge in [0.15, 0.2) is 17.1 Å². The van der Waals surface area contributed by atoms with E-state index in [0.29, 0.717) is 38.6 Å². The maximum Gasteiger partial charge on any atom is 0.271 e. The molecule has 0 aromatic carbocycles. The molecule has 378 valence electrons. The summed E-state index contributed by atoms with van der Waals surface area (Å²) in [6.07, 6.45) is 11.2. The first-order valence-electron chi connectivity index (χ1n) is 21.3. The van der Waals surface area contributed by atoms with Crippen LogP contribution in [0.1, 0.15) is 85.4 Å². The Morgan fingerprint density at radius 1 is 0.635 bits per heavy atom. The maximum absolute atomic E-state index is 13.2. The first-order chi connectivity index (χ1) is 35.2. The van der Waals surface area contributed by atoms with Gasteiger partial charge in [-0.1, -0.05) is 53.0 Å². The van der Waals surface area contributed by atoms with Crippen molar-refractivity contribution in [1.29, 1.82) is 0 Å². The van der Waals surface area contributed by atoms with Crippen molar-refractivity contribution >= 4 is 96.0 Å². The standard InChI is InChI=1S/C18H14ClN5O2.C13H9BrClN3O2.C7H7NO.C6H4BrClN2O2.C4H5N3/c1-18(14-4-2-3-6-21-14)23-16(25)15-13(19)9-11(17(26)24(15)18)8-12-5-7-20-10-22-12;1-13(9-4-2-3-5-16-9)17-11(19)10-8(15)6-7(14)12(20)18(10)13;1-6(9)7-4-2-3-5-8-7;7-2-1-3(8)4(5(9)11)10-6(2)12;5-4-1-2-6-3-7-4/h2-7,9-10H,8H2,1H3,(H,23,25);2-6H,1H3,(H,17,19);2-5H,1H3;1H,(H2,9,11)(H,10,12);1-3H,(H2,5,6,7). The van der Waals surface area contributed by atoms with Gasteiger partial charge in [-0.3, -0.25) is 57.6 Å². The number of anilines is 1. The van der Waals surface area contributed by atoms with Gasteiger partial charge in [-0.15, -0.1) is 0 Å². The molecule has 21 nitrogen and oxygen atoms in total. The lowest BCUT2D eigenvalue weighted by Crippen LogP contribution is -2.46. The third kappa shape index (κ3) is 12.7. The van der Waals surface area contributed by atoms with Crippen LogP contribution in [0.3, 0.4) is 0 Å². The van der Waals surface area contributed by atoms with Crippen LogP contribution in [-0.4, -0.2) is 72.5 Å². The predicted octanol–water partition coefficient (Wildman–Crippen LogP) is 6.10. The van der Waals surface area contributed by atoms with Gasteiger partial charge in [0.05, 0.1) is 35.4 Å². The van der Waals surface area contributed by atoms with Crippen molar-refractivity contribution in [1.82, 2.24) is 59.6 Å². The first-order valence-corrected chi connectivity index (χ1v) is 24.0. The van der Waals surface area contributed by atoms with Crippen LogP contribution in [0.4, 0.5) is 5.82 Å². The average Bonchev–Trinajstić information content (AvgIpc) is 3.84. The van der Waals surface area contributed by atoms with Crippen molar-refractivity contribution < 1.29 is 19.2 Å². The Balaban J connectivity index is 0.000000163. The number of carbonyl (C=O) groups is 4. The Morgan fingerprint density at radius 2 is 1.15 bits per heavy atom. The molecule has 8 aromatic heterocycles. The largest absolute Gasteiger partial charge is 0.384 e. The van der Waals surface area contributed by atoms with Gasteiger partial charge < -0.3 is 27.1 Å². The summed E-state index contributed by atoms with van der Waals surface area (Å²) in [5.41, 5.74) is 9.83. The quantitative estimate of drug-likeness (QED) is 0.118. The van der Waals surface area contributed by atoms with Crippen LogP contribution in [0, 0.1) is 0 Å². The Kier molecular flexibility index (Phi) is 18.2. The molecule has 2 aliphatic heterocycles. The van der Waals surface area contributed by atoms with Crippen LogP contribution in [0.2, 0.25) is 15.1 Å². The van der Waals surface area contributed by atoms with Gasteiger partial charge in [0.2, 0.25) is 0 Å². The number of H-pyrrole nitrogens is 1. The molecule has 3 amide bonds. The lowest BCUT2D eigenvalue weighted by Gasteiger charge is -2.26. The molecule has 0 saturated carbocycles. The first kappa shape index (κ1) is 55.5. The van der Waals surface area contributed by atoms with Crippen LogP contribution in [0.5, 0.6) is 0 Å². The molecule has 2 unspecified atom stereocenters. The number of hydrogen-bond donors (Lipinski definition) is 5. The molecular formula is C48H39Br2Cl3N14O7. The Bertz CT molecular complexity index is 3550. The number of nitrogens with two attached hydrogens (primary N) is 2. The highest BCUT2D eigenvalue weighted by Crippen LogP contribution is 2.33. The molecule has 0 spiro atoms. The van der Waals surface area contributed by atoms with E-state index >= 15 is 0 Å². The second kappa shape index (κ2) is 24.3. The summed E-state index contributed by atoms with van der Waals surface area (Å²) in [6.45, 7) is 4.95. The summed E-state index contributed by atoms with van der Waals surface area (Å²) in [5.74, 6) is -1.04. The summed E-state index contributed by atoms with van der Waals surface area (Å²) in [4.78, 5) is 112. The normalized spacial score (nSPS) is 15.6. The topological polar surface area (TPSA) is 311 Å². The smallest absolute Gasteiger partial charge is 0.271 e. The van der Waals surface area contributed by atoms with Crippen molar-refractivity contribution in [2.45, 2.75) is 38.5 Å². The number of primary amides is 1. The van der Waals surface area contributed by atoms with Crippen molar-refractivity contribution in [3.8, 4) is 0 Å². The van der Waals surface area contributed by atoms with E-state index in [1.807, 2.05) is 0 Å². The van der Waals surface area contributed by atoms with Gasteiger partial charge in [-0.25, -0.2) is 19.9 Å². The highest BCUT2D eigenvalue weighted by molar-refractivity contribution is 9.10. The molecule has 7 N–H and O–H groups in total. The molecule has 0 fully saturated rings. The predicted molar refractivity (Wildman–Crippen MR) is 282 cm³/mol. The average molecular weight is 1190 g/mol. The number of aromatic nitrogens is 10. The summed E-state index contributed by atoms with van der Waals surface area (Å²) < 4.78 is 3.28. The van der Waals surface area contributed by atoms with Crippen molar-refractivity contribution in [2.24, 2.45) is 5.73 Å². The molecule has 2 aliphatic rings. The summed E-state index contributed by atoms with van der Waals surface area (Å²) in [7, 11) is 0. The number of aromatic amines is 1. The number of rotatable bonds is 6. The number of nitrogens with one attached hydrogen (secondary N) is 3. The molecular weight excluding hydrogens is 1150 g/mol. The number of Topliss-reactive ketones (excluding diaryl/α,β-unsaturated/α-hetero) is 1. The number of amides is 3. The van der Waals surface area contributed by atoms with Gasteiger partial charge in [-0.2, -0.15) is 0 Å². The Labute approximate surface area is 451 Å². The fourth-order valence-corrected chi connectivity index (χ4v) is 8.90. The molecule has 0 bridgehead atoms. The van der Waals surface area contributed by atoms with E-state index in [9.17, 15) is 33.6 Å². The van der Waals surface area contributed by atoms with Crippen LogP contribution in [0.15, 0.2) is 152 Å². The van der Waals surface area contributed by atoms with E-state index in [4.69, 9.17) is 46.3 Å². The SMILES string of the molecule is CC(=O)c1ccccn1.CC1(c2ccccn2)NC(=O)c2c(Cl)cc(Br)c(=O)n21.CC1(c2ccccn2)NC(=O)c2c(Cl)cc(Cc3ccncn3)c(=O)n21.NC(=O)c1[nH]c(=O)c(Br)cc1Cl.Nc1ccncn1. The summed E-state index contributed by atoms with van der Waals surface area (Å²) in [5, 5.41) is 6.16. The van der Waals surface area contributed by atoms with Gasteiger partial charge in [0.1, 0.15) is 41.2 Å². The lowest BCUT2D eigenvalue weighted by atomic mass is 10.1. The van der Waals surface area contributed by atoms with E-state index in [1.165, 1.54) is 46.9 Å². The van der Waals surface area contributed by atoms with E-state index < -0.39 is 34.6 Å². The van der Waals surface area contributed by atoms with Crippen molar-refractivity contribution in [2.75, 3.05) is 5.73 Å². The summed E-state index contributed by atoms with van der Waals surface area (Å²) in [6, 6.07) is 23.6. The molecule has 0 saturated heterocycles. The third-order valence-corrected chi connectivity index (χ3v) is 12.6. The van der Waals surface area contributed by atoms with Crippen molar-refractivity contribution in [3.05, 3.63) is 229 Å². The molecule has 0 aliphatic carbocycles. The van der Waals surface area contributed by atoms with Crippen LogP contribution >= 0.6 is 66.7 Å². The van der Waals surface area contributed by atoms with E-state index in [1.54, 1.807) is 112 Å². The second-order valence-electron chi connectivity index (χ2n) is 15.6. The molecule has 10 rings (SSSR count). The van der Waals surface area contributed by atoms with Crippen LogP contribution in [-0.2, 0) is 17.7 Å². The molecule has 26 heteroatoms. The van der Waals surface area contributed by atoms with Gasteiger partial charge in [0, 0.05) is 55.6 Å². The number of carbonyl (C=O) groups excluding carboxylic acids is 4. The fraction of sp³-hybridized carbons (Fsp3) is 0.125. The number of hydrogen-bond acceptors (Lipinski definition) is 15. The van der Waals surface area contributed by atoms with E-state index in [0.717, 1.165) is 0 Å². The van der Waals surface area contributed by atoms with Crippen molar-refractivity contribution in [3.63, 3.8) is 0 Å². The number of nitrogens with zero attached hydrogens (tertiary/aromatic N) is 9. The molecule has 10 heterocycles. The zero-order valence-electron chi connectivity index (χ0n) is 38.8. The second-order valence-corrected chi connectivity index (χ2v) is 18.6. The highest BCUT2D eigenvalue weighted by atomic mass is 79.9. The van der Waals surface area contributed by atoms with E-state index in [2.05, 4.69) is 82.4 Å². The minimum Gasteiger partial charge on any atom is -0.384 e. The lowest BCUT2D eigenvalue weighted by molar-refractivity contribution is 0.0931. The Morgan fingerprint density at radius 3 is 1.58 bits per heavy atom. The number of nitrogen functional groups attached to an aromatic ring is 1.